The normalized spacial score (nSPS) is 22.8. The van der Waals surface area contributed by atoms with Gasteiger partial charge in [-0.2, -0.15) is 0 Å². The van der Waals surface area contributed by atoms with Crippen LogP contribution in [0.4, 0.5) is 9.59 Å². The van der Waals surface area contributed by atoms with Crippen molar-refractivity contribution in [1.82, 2.24) is 15.1 Å². The number of carbonyl (C=O) groups is 2. The summed E-state index contributed by atoms with van der Waals surface area (Å²) in [6.45, 7) is 6.94. The molecule has 1 heterocycles. The smallest absolute Gasteiger partial charge is 0.410 e. The maximum atomic E-state index is 12.8. The molecule has 0 atom stereocenters. The standard InChI is InChI=1S/C19H33N3O3/c1-19(2,3)25-18(24)21-12-10-14(11-13-21)20-17(23)22(16-8-9-16)15-6-4-5-7-15/h14-16H,4-13H2,1-3H3,(H,20,23). The van der Waals surface area contributed by atoms with Crippen LogP contribution in [0, 0.1) is 0 Å². The first-order valence-electron chi connectivity index (χ1n) is 9.90. The minimum Gasteiger partial charge on any atom is -0.444 e. The minimum atomic E-state index is -0.464. The number of hydrogen-bond donors (Lipinski definition) is 1. The average molecular weight is 351 g/mol. The number of hydrogen-bond acceptors (Lipinski definition) is 3. The molecule has 0 radical (unpaired) electrons. The Balaban J connectivity index is 1.46. The number of nitrogens with one attached hydrogen (secondary N) is 1. The molecule has 1 aliphatic heterocycles. The van der Waals surface area contributed by atoms with Crippen molar-refractivity contribution in [2.75, 3.05) is 13.1 Å². The highest BCUT2D eigenvalue weighted by Gasteiger charge is 2.39. The topological polar surface area (TPSA) is 61.9 Å². The van der Waals surface area contributed by atoms with E-state index in [0.29, 0.717) is 25.2 Å². The Labute approximate surface area is 151 Å². The molecule has 0 bridgehead atoms. The van der Waals surface area contributed by atoms with Crippen molar-refractivity contribution < 1.29 is 14.3 Å². The number of rotatable bonds is 3. The summed E-state index contributed by atoms with van der Waals surface area (Å²) in [5.74, 6) is 0. The lowest BCUT2D eigenvalue weighted by atomic mass is 10.1. The summed E-state index contributed by atoms with van der Waals surface area (Å²) in [7, 11) is 0. The van der Waals surface area contributed by atoms with Gasteiger partial charge in [0.1, 0.15) is 5.60 Å². The van der Waals surface area contributed by atoms with Gasteiger partial charge in [-0.1, -0.05) is 12.8 Å². The van der Waals surface area contributed by atoms with E-state index < -0.39 is 5.60 Å². The van der Waals surface area contributed by atoms with Crippen LogP contribution in [0.3, 0.4) is 0 Å². The van der Waals surface area contributed by atoms with Gasteiger partial charge in [-0.3, -0.25) is 0 Å². The van der Waals surface area contributed by atoms with Crippen molar-refractivity contribution in [3.63, 3.8) is 0 Å². The molecule has 2 saturated carbocycles. The third-order valence-corrected chi connectivity index (χ3v) is 5.37. The monoisotopic (exact) mass is 351 g/mol. The van der Waals surface area contributed by atoms with E-state index in [4.69, 9.17) is 4.74 Å². The highest BCUT2D eigenvalue weighted by Crippen LogP contribution is 2.34. The van der Waals surface area contributed by atoms with E-state index in [9.17, 15) is 9.59 Å². The van der Waals surface area contributed by atoms with Gasteiger partial charge in [-0.05, 0) is 59.3 Å². The van der Waals surface area contributed by atoms with Crippen molar-refractivity contribution in [2.24, 2.45) is 0 Å². The summed E-state index contributed by atoms with van der Waals surface area (Å²) in [6, 6.07) is 1.18. The SMILES string of the molecule is CC(C)(C)OC(=O)N1CCC(NC(=O)N(C2CCCC2)C2CC2)CC1. The van der Waals surface area contributed by atoms with Crippen LogP contribution in [0.25, 0.3) is 0 Å². The number of amides is 3. The molecule has 3 fully saturated rings. The molecule has 0 aromatic heterocycles. The highest BCUT2D eigenvalue weighted by molar-refractivity contribution is 5.76. The average Bonchev–Trinajstić information content (AvgIpc) is 3.20. The van der Waals surface area contributed by atoms with Crippen LogP contribution in [-0.2, 0) is 4.74 Å². The molecular weight excluding hydrogens is 318 g/mol. The molecular formula is C19H33N3O3. The van der Waals surface area contributed by atoms with Crippen molar-refractivity contribution in [1.29, 1.82) is 0 Å². The third kappa shape index (κ3) is 5.02. The molecule has 2 aliphatic carbocycles. The molecule has 6 nitrogen and oxygen atoms in total. The number of likely N-dealkylation sites (tertiary alicyclic amines) is 1. The van der Waals surface area contributed by atoms with Crippen LogP contribution in [0.1, 0.15) is 72.1 Å². The molecule has 142 valence electrons. The fourth-order valence-corrected chi connectivity index (χ4v) is 3.95. The third-order valence-electron chi connectivity index (χ3n) is 5.37. The Morgan fingerprint density at radius 3 is 2.04 bits per heavy atom. The maximum Gasteiger partial charge on any atom is 0.410 e. The molecule has 0 aromatic carbocycles. The largest absolute Gasteiger partial charge is 0.444 e. The molecule has 1 saturated heterocycles. The van der Waals surface area contributed by atoms with E-state index in [1.165, 1.54) is 12.8 Å². The van der Waals surface area contributed by atoms with Crippen LogP contribution in [0.15, 0.2) is 0 Å². The maximum absolute atomic E-state index is 12.8. The van der Waals surface area contributed by atoms with Crippen LogP contribution in [0.2, 0.25) is 0 Å². The summed E-state index contributed by atoms with van der Waals surface area (Å²) in [5.41, 5.74) is -0.464. The quantitative estimate of drug-likeness (QED) is 0.846. The van der Waals surface area contributed by atoms with E-state index in [-0.39, 0.29) is 18.2 Å². The van der Waals surface area contributed by atoms with Crippen LogP contribution in [-0.4, -0.2) is 58.7 Å². The molecule has 3 aliphatic rings. The van der Waals surface area contributed by atoms with Crippen molar-refractivity contribution in [3.8, 4) is 0 Å². The molecule has 3 amide bonds. The number of urea groups is 1. The minimum absolute atomic E-state index is 0.116. The fourth-order valence-electron chi connectivity index (χ4n) is 3.95. The van der Waals surface area contributed by atoms with E-state index in [2.05, 4.69) is 10.2 Å². The zero-order valence-corrected chi connectivity index (χ0v) is 15.9. The van der Waals surface area contributed by atoms with Crippen molar-refractivity contribution in [3.05, 3.63) is 0 Å². The Hall–Kier alpha value is -1.46. The van der Waals surface area contributed by atoms with Gasteiger partial charge in [0.05, 0.1) is 0 Å². The summed E-state index contributed by atoms with van der Waals surface area (Å²) in [4.78, 5) is 28.8. The van der Waals surface area contributed by atoms with Crippen LogP contribution < -0.4 is 5.32 Å². The molecule has 25 heavy (non-hydrogen) atoms. The van der Waals surface area contributed by atoms with Gasteiger partial charge in [-0.15, -0.1) is 0 Å². The molecule has 0 unspecified atom stereocenters. The van der Waals surface area contributed by atoms with Gasteiger partial charge in [0, 0.05) is 31.2 Å². The second kappa shape index (κ2) is 7.42. The summed E-state index contributed by atoms with van der Waals surface area (Å²) >= 11 is 0. The van der Waals surface area contributed by atoms with Gasteiger partial charge in [-0.25, -0.2) is 9.59 Å². The summed E-state index contributed by atoms with van der Waals surface area (Å²) < 4.78 is 5.43. The fraction of sp³-hybridized carbons (Fsp3) is 0.895. The zero-order valence-electron chi connectivity index (χ0n) is 15.9. The van der Waals surface area contributed by atoms with Crippen LogP contribution in [0.5, 0.6) is 0 Å². The second-order valence-corrected chi connectivity index (χ2v) is 8.77. The number of ether oxygens (including phenoxy) is 1. The van der Waals surface area contributed by atoms with Crippen molar-refractivity contribution in [2.45, 2.75) is 95.9 Å². The summed E-state index contributed by atoms with van der Waals surface area (Å²) in [5, 5.41) is 3.23. The predicted octanol–water partition coefficient (Wildman–Crippen LogP) is 3.50. The second-order valence-electron chi connectivity index (χ2n) is 8.77. The Kier molecular flexibility index (Phi) is 5.44. The van der Waals surface area contributed by atoms with Gasteiger partial charge >= 0.3 is 12.1 Å². The predicted molar refractivity (Wildman–Crippen MR) is 96.5 cm³/mol. The lowest BCUT2D eigenvalue weighted by Crippen LogP contribution is -2.53. The summed E-state index contributed by atoms with van der Waals surface area (Å²) in [6.07, 6.45) is 8.46. The molecule has 0 aromatic rings. The number of carbonyl (C=O) groups excluding carboxylic acids is 2. The van der Waals surface area contributed by atoms with Gasteiger partial charge in [0.2, 0.25) is 0 Å². The Morgan fingerprint density at radius 2 is 1.52 bits per heavy atom. The lowest BCUT2D eigenvalue weighted by Gasteiger charge is -2.36. The van der Waals surface area contributed by atoms with E-state index in [0.717, 1.165) is 38.5 Å². The molecule has 0 spiro atoms. The first-order valence-corrected chi connectivity index (χ1v) is 9.90. The number of piperidine rings is 1. The first kappa shape index (κ1) is 18.3. The molecule has 1 N–H and O–H groups in total. The Morgan fingerprint density at radius 1 is 0.960 bits per heavy atom. The van der Waals surface area contributed by atoms with E-state index >= 15 is 0 Å². The highest BCUT2D eigenvalue weighted by atomic mass is 16.6. The van der Waals surface area contributed by atoms with E-state index in [1.807, 2.05) is 20.8 Å². The van der Waals surface area contributed by atoms with Gasteiger partial charge in [0.25, 0.3) is 0 Å². The first-order chi connectivity index (χ1) is 11.8. The molecule has 3 rings (SSSR count). The number of nitrogens with zero attached hydrogens (tertiary/aromatic N) is 2. The van der Waals surface area contributed by atoms with Crippen molar-refractivity contribution >= 4 is 12.1 Å². The van der Waals surface area contributed by atoms with Crippen LogP contribution >= 0.6 is 0 Å². The van der Waals surface area contributed by atoms with Gasteiger partial charge < -0.3 is 19.9 Å². The zero-order chi connectivity index (χ0) is 18.0. The van der Waals surface area contributed by atoms with E-state index in [1.54, 1.807) is 4.90 Å². The molecule has 6 heteroatoms. The Bertz CT molecular complexity index is 485. The van der Waals surface area contributed by atoms with Gasteiger partial charge in [0.15, 0.2) is 0 Å². The lowest BCUT2D eigenvalue weighted by molar-refractivity contribution is 0.0200.